The molecule has 0 spiro atoms. The average molecular weight is 467 g/mol. The number of rotatable bonds is 18. The minimum absolute atomic E-state index is 0.242. The predicted octanol–water partition coefficient (Wildman–Crippen LogP) is 5.67. The number of esters is 2. The first-order chi connectivity index (χ1) is 15.5. The Morgan fingerprint density at radius 1 is 0.938 bits per heavy atom. The highest BCUT2D eigenvalue weighted by Gasteiger charge is 2.22. The molecule has 6 heteroatoms. The van der Waals surface area contributed by atoms with E-state index < -0.39 is 6.10 Å². The Morgan fingerprint density at radius 2 is 1.59 bits per heavy atom. The van der Waals surface area contributed by atoms with Crippen LogP contribution >= 0.6 is 11.8 Å². The summed E-state index contributed by atoms with van der Waals surface area (Å²) in [6.07, 6.45) is 11.0. The molecule has 0 aliphatic carbocycles. The zero-order valence-electron chi connectivity index (χ0n) is 20.1. The maximum absolute atomic E-state index is 12.3. The first kappa shape index (κ1) is 28.5. The van der Waals surface area contributed by atoms with Gasteiger partial charge in [-0.25, -0.2) is 0 Å². The monoisotopic (exact) mass is 466 g/mol. The quantitative estimate of drug-likeness (QED) is 0.222. The van der Waals surface area contributed by atoms with Gasteiger partial charge >= 0.3 is 11.9 Å². The number of aliphatic hydroxyl groups excluding tert-OH is 1. The van der Waals surface area contributed by atoms with E-state index in [1.807, 2.05) is 12.1 Å². The number of methoxy groups -OCH3 is 2. The topological polar surface area (TPSA) is 72.8 Å². The van der Waals surface area contributed by atoms with E-state index in [-0.39, 0.29) is 17.9 Å². The molecule has 0 aromatic heterocycles. The molecule has 5 nitrogen and oxygen atoms in total. The number of ether oxygens (including phenoxy) is 2. The lowest BCUT2D eigenvalue weighted by Gasteiger charge is -2.18. The van der Waals surface area contributed by atoms with Gasteiger partial charge in [0.2, 0.25) is 0 Å². The maximum atomic E-state index is 12.3. The van der Waals surface area contributed by atoms with Crippen molar-refractivity contribution in [3.63, 3.8) is 0 Å². The Balaban J connectivity index is 2.43. The van der Waals surface area contributed by atoms with Crippen LogP contribution in [0.25, 0.3) is 0 Å². The fourth-order valence-electron chi connectivity index (χ4n) is 3.69. The van der Waals surface area contributed by atoms with Crippen molar-refractivity contribution in [1.82, 2.24) is 0 Å². The molecule has 0 aliphatic rings. The molecule has 182 valence electrons. The van der Waals surface area contributed by atoms with Crippen molar-refractivity contribution in [2.24, 2.45) is 0 Å². The van der Waals surface area contributed by atoms with Gasteiger partial charge in [0.1, 0.15) is 0 Å². The molecule has 0 amide bonds. The SMILES string of the molecule is CCCCCCCCCc1ccc(C(CCC(O)CSCCC(=O)OC)C(=O)OC)cc1. The Bertz CT molecular complexity index is 632. The summed E-state index contributed by atoms with van der Waals surface area (Å²) in [6.45, 7) is 2.24. The number of benzene rings is 1. The van der Waals surface area contributed by atoms with Crippen LogP contribution in [0.5, 0.6) is 0 Å². The third-order valence-electron chi connectivity index (χ3n) is 5.71. The highest BCUT2D eigenvalue weighted by molar-refractivity contribution is 7.99. The number of aliphatic hydroxyl groups is 1. The van der Waals surface area contributed by atoms with Crippen LogP contribution in [0.3, 0.4) is 0 Å². The molecule has 2 atom stereocenters. The van der Waals surface area contributed by atoms with Gasteiger partial charge in [-0.1, -0.05) is 69.7 Å². The highest BCUT2D eigenvalue weighted by Crippen LogP contribution is 2.25. The molecule has 0 radical (unpaired) electrons. The second-order valence-electron chi connectivity index (χ2n) is 8.32. The van der Waals surface area contributed by atoms with Crippen LogP contribution in [-0.2, 0) is 25.5 Å². The van der Waals surface area contributed by atoms with Crippen LogP contribution in [-0.4, -0.2) is 48.9 Å². The van der Waals surface area contributed by atoms with Crippen molar-refractivity contribution in [3.8, 4) is 0 Å². The van der Waals surface area contributed by atoms with Crippen molar-refractivity contribution >= 4 is 23.7 Å². The number of hydrogen-bond donors (Lipinski definition) is 1. The normalized spacial score (nSPS) is 12.9. The number of hydrogen-bond acceptors (Lipinski definition) is 6. The molecule has 0 aliphatic heterocycles. The van der Waals surface area contributed by atoms with Crippen molar-refractivity contribution < 1.29 is 24.2 Å². The lowest BCUT2D eigenvalue weighted by molar-refractivity contribution is -0.143. The van der Waals surface area contributed by atoms with Gasteiger partial charge in [-0.2, -0.15) is 11.8 Å². The third-order valence-corrected chi connectivity index (χ3v) is 6.83. The van der Waals surface area contributed by atoms with Crippen LogP contribution in [0.4, 0.5) is 0 Å². The van der Waals surface area contributed by atoms with Crippen LogP contribution in [0.15, 0.2) is 24.3 Å². The molecule has 0 bridgehead atoms. The lowest BCUT2D eigenvalue weighted by Crippen LogP contribution is -2.18. The van der Waals surface area contributed by atoms with Crippen LogP contribution < -0.4 is 0 Å². The Labute approximate surface area is 198 Å². The minimum Gasteiger partial charge on any atom is -0.469 e. The summed E-state index contributed by atoms with van der Waals surface area (Å²) in [5.74, 6) is 0.262. The first-order valence-electron chi connectivity index (χ1n) is 12.0. The summed E-state index contributed by atoms with van der Waals surface area (Å²) in [4.78, 5) is 23.5. The molecule has 0 heterocycles. The molecule has 0 saturated heterocycles. The van der Waals surface area contributed by atoms with Gasteiger partial charge in [-0.3, -0.25) is 9.59 Å². The van der Waals surface area contributed by atoms with Crippen LogP contribution in [0, 0.1) is 0 Å². The van der Waals surface area contributed by atoms with Crippen LogP contribution in [0.1, 0.15) is 88.2 Å². The zero-order valence-corrected chi connectivity index (χ0v) is 21.0. The average Bonchev–Trinajstić information content (AvgIpc) is 2.81. The van der Waals surface area contributed by atoms with Crippen molar-refractivity contribution in [1.29, 1.82) is 0 Å². The van der Waals surface area contributed by atoms with E-state index in [9.17, 15) is 14.7 Å². The molecule has 0 fully saturated rings. The fourth-order valence-corrected chi connectivity index (χ4v) is 4.60. The largest absolute Gasteiger partial charge is 0.469 e. The molecule has 32 heavy (non-hydrogen) atoms. The Morgan fingerprint density at radius 3 is 2.22 bits per heavy atom. The van der Waals surface area contributed by atoms with Gasteiger partial charge < -0.3 is 14.6 Å². The van der Waals surface area contributed by atoms with Gasteiger partial charge in [-0.15, -0.1) is 0 Å². The molecule has 1 aromatic rings. The van der Waals surface area contributed by atoms with Gasteiger partial charge in [0, 0.05) is 11.5 Å². The fraction of sp³-hybridized carbons (Fsp3) is 0.692. The number of carbonyl (C=O) groups is 2. The Kier molecular flexibility index (Phi) is 16.0. The highest BCUT2D eigenvalue weighted by atomic mass is 32.2. The summed E-state index contributed by atoms with van der Waals surface area (Å²) in [5.41, 5.74) is 2.23. The standard InChI is InChI=1S/C26H42O5S/c1-4-5-6-7-8-9-10-11-21-12-14-22(15-13-21)24(26(29)31-3)17-16-23(27)20-32-19-18-25(28)30-2/h12-15,23-24,27H,4-11,16-20H2,1-3H3. The molecule has 1 N–H and O–H groups in total. The van der Waals surface area contributed by atoms with Gasteiger partial charge in [0.05, 0.1) is 32.7 Å². The Hall–Kier alpha value is -1.53. The van der Waals surface area contributed by atoms with E-state index >= 15 is 0 Å². The maximum Gasteiger partial charge on any atom is 0.313 e. The summed E-state index contributed by atoms with van der Waals surface area (Å²) >= 11 is 1.52. The second kappa shape index (κ2) is 18.0. The number of thioether (sulfide) groups is 1. The first-order valence-corrected chi connectivity index (χ1v) is 13.2. The van der Waals surface area contributed by atoms with Crippen molar-refractivity contribution in [2.75, 3.05) is 25.7 Å². The zero-order chi connectivity index (χ0) is 23.6. The van der Waals surface area contributed by atoms with E-state index in [0.29, 0.717) is 30.8 Å². The number of aryl methyl sites for hydroxylation is 1. The van der Waals surface area contributed by atoms with E-state index in [2.05, 4.69) is 23.8 Å². The molecule has 0 saturated carbocycles. The van der Waals surface area contributed by atoms with Gasteiger partial charge in [-0.05, 0) is 36.8 Å². The molecular formula is C26H42O5S. The van der Waals surface area contributed by atoms with E-state index in [1.165, 1.54) is 76.5 Å². The van der Waals surface area contributed by atoms with E-state index in [1.54, 1.807) is 0 Å². The predicted molar refractivity (Wildman–Crippen MR) is 132 cm³/mol. The minimum atomic E-state index is -0.526. The number of unbranched alkanes of at least 4 members (excludes halogenated alkanes) is 6. The smallest absolute Gasteiger partial charge is 0.313 e. The summed E-state index contributed by atoms with van der Waals surface area (Å²) in [7, 11) is 2.78. The van der Waals surface area contributed by atoms with Gasteiger partial charge in [0.25, 0.3) is 0 Å². The van der Waals surface area contributed by atoms with E-state index in [4.69, 9.17) is 4.74 Å². The molecule has 2 unspecified atom stereocenters. The molecule has 1 rings (SSSR count). The summed E-state index contributed by atoms with van der Waals surface area (Å²) in [5, 5.41) is 10.3. The van der Waals surface area contributed by atoms with Gasteiger partial charge in [0.15, 0.2) is 0 Å². The molecule has 1 aromatic carbocycles. The second-order valence-corrected chi connectivity index (χ2v) is 9.47. The van der Waals surface area contributed by atoms with E-state index in [0.717, 1.165) is 12.0 Å². The van der Waals surface area contributed by atoms with Crippen LogP contribution in [0.2, 0.25) is 0 Å². The summed E-state index contributed by atoms with van der Waals surface area (Å²) < 4.78 is 9.62. The number of carbonyl (C=O) groups excluding carboxylic acids is 2. The van der Waals surface area contributed by atoms with Crippen molar-refractivity contribution in [2.45, 2.75) is 89.6 Å². The molecular weight excluding hydrogens is 424 g/mol. The lowest BCUT2D eigenvalue weighted by atomic mass is 9.92. The third kappa shape index (κ3) is 12.5. The summed E-state index contributed by atoms with van der Waals surface area (Å²) in [6, 6.07) is 8.27. The van der Waals surface area contributed by atoms with Crippen molar-refractivity contribution in [3.05, 3.63) is 35.4 Å².